The molecule has 0 aromatic heterocycles. The molecular weight excluding hydrogens is 446 g/mol. The van der Waals surface area contributed by atoms with Crippen molar-refractivity contribution in [2.45, 2.75) is 24.2 Å². The maximum Gasteiger partial charge on any atom is 0.232 e. The molecule has 3 heterocycles. The highest BCUT2D eigenvalue weighted by atomic mass is 35.5. The summed E-state index contributed by atoms with van der Waals surface area (Å²) in [5, 5.41) is 4.08. The molecule has 1 N–H and O–H groups in total. The predicted octanol–water partition coefficient (Wildman–Crippen LogP) is 2.98. The Bertz CT molecular complexity index is 1130. The summed E-state index contributed by atoms with van der Waals surface area (Å²) in [5.74, 6) is 0.244. The number of nitrogens with one attached hydrogen (secondary N) is 1. The number of hydrogen-bond donors (Lipinski definition) is 1. The first-order chi connectivity index (χ1) is 15.3. The third kappa shape index (κ3) is 3.70. The van der Waals surface area contributed by atoms with E-state index in [1.165, 1.54) is 10.6 Å². The first-order valence-corrected chi connectivity index (χ1v) is 13.3. The number of para-hydroxylation sites is 1. The lowest BCUT2D eigenvalue weighted by Crippen LogP contribution is -2.49. The summed E-state index contributed by atoms with van der Waals surface area (Å²) in [5.41, 5.74) is 2.80. The number of anilines is 1. The summed E-state index contributed by atoms with van der Waals surface area (Å²) >= 11 is 6.04. The van der Waals surface area contributed by atoms with Crippen LogP contribution in [0.25, 0.3) is 0 Å². The van der Waals surface area contributed by atoms with Gasteiger partial charge in [-0.25, -0.2) is 8.42 Å². The van der Waals surface area contributed by atoms with Crippen molar-refractivity contribution < 1.29 is 13.2 Å². The molecule has 32 heavy (non-hydrogen) atoms. The molecule has 170 valence electrons. The summed E-state index contributed by atoms with van der Waals surface area (Å²) < 4.78 is 26.4. The van der Waals surface area contributed by atoms with Crippen LogP contribution in [0, 0.1) is 5.92 Å². The second-order valence-electron chi connectivity index (χ2n) is 9.32. The van der Waals surface area contributed by atoms with Gasteiger partial charge in [-0.05, 0) is 42.2 Å². The van der Waals surface area contributed by atoms with Crippen molar-refractivity contribution in [2.75, 3.05) is 43.3 Å². The van der Waals surface area contributed by atoms with E-state index in [1.54, 1.807) is 0 Å². The minimum Gasteiger partial charge on any atom is -0.342 e. The van der Waals surface area contributed by atoms with Crippen molar-refractivity contribution in [2.24, 2.45) is 5.92 Å². The number of benzene rings is 2. The van der Waals surface area contributed by atoms with E-state index in [0.29, 0.717) is 31.2 Å². The zero-order chi connectivity index (χ0) is 22.5. The maximum atomic E-state index is 13.5. The van der Waals surface area contributed by atoms with Crippen LogP contribution in [0.4, 0.5) is 5.69 Å². The molecule has 0 aliphatic carbocycles. The van der Waals surface area contributed by atoms with Crippen molar-refractivity contribution in [3.05, 3.63) is 64.7 Å². The zero-order valence-electron chi connectivity index (χ0n) is 18.1. The molecule has 2 aromatic rings. The molecule has 0 saturated carbocycles. The Hall–Kier alpha value is -2.09. The van der Waals surface area contributed by atoms with E-state index < -0.39 is 10.0 Å². The lowest BCUT2D eigenvalue weighted by atomic mass is 9.74. The van der Waals surface area contributed by atoms with Gasteiger partial charge < -0.3 is 10.2 Å². The minimum absolute atomic E-state index is 0.0893. The Kier molecular flexibility index (Phi) is 5.47. The highest BCUT2D eigenvalue weighted by Gasteiger charge is 2.48. The fourth-order valence-electron chi connectivity index (χ4n) is 5.70. The largest absolute Gasteiger partial charge is 0.342 e. The van der Waals surface area contributed by atoms with Crippen LogP contribution in [0.1, 0.15) is 29.9 Å². The molecule has 2 saturated heterocycles. The van der Waals surface area contributed by atoms with Gasteiger partial charge in [0, 0.05) is 49.1 Å². The number of nitrogens with zero attached hydrogens (tertiary/aromatic N) is 2. The number of piperidine rings is 1. The standard InChI is InChI=1S/C24H28ClN3O3S/c1-32(30,31)28-16-24(21-4-2-3-5-22(21)28)10-12-27(13-11-24)23(29)20-15-26-14-19(20)17-6-8-18(25)9-7-17/h2-9,19-20,26H,10-16H2,1H3/t19-,20+/m0/s1. The van der Waals surface area contributed by atoms with Gasteiger partial charge in [-0.15, -0.1) is 0 Å². The molecule has 3 aliphatic heterocycles. The monoisotopic (exact) mass is 473 g/mol. The molecule has 0 bridgehead atoms. The molecule has 1 amide bonds. The Labute approximate surface area is 194 Å². The Balaban J connectivity index is 1.33. The van der Waals surface area contributed by atoms with Gasteiger partial charge in [0.05, 0.1) is 17.9 Å². The Morgan fingerprint density at radius 1 is 1.06 bits per heavy atom. The van der Waals surface area contributed by atoms with Gasteiger partial charge in [0.1, 0.15) is 0 Å². The average molecular weight is 474 g/mol. The molecule has 2 atom stereocenters. The number of carbonyl (C=O) groups excluding carboxylic acids is 1. The van der Waals surface area contributed by atoms with Gasteiger partial charge in [-0.2, -0.15) is 0 Å². The fraction of sp³-hybridized carbons (Fsp3) is 0.458. The SMILES string of the molecule is CS(=O)(=O)N1CC2(CCN(C(=O)[C@@H]3CNC[C@H]3c3ccc(Cl)cc3)CC2)c2ccccc21. The van der Waals surface area contributed by atoms with Crippen LogP contribution in [0.5, 0.6) is 0 Å². The van der Waals surface area contributed by atoms with Gasteiger partial charge in [0.2, 0.25) is 15.9 Å². The van der Waals surface area contributed by atoms with Crippen LogP contribution in [-0.4, -0.2) is 58.2 Å². The number of carbonyl (C=O) groups is 1. The smallest absolute Gasteiger partial charge is 0.232 e. The maximum absolute atomic E-state index is 13.5. The van der Waals surface area contributed by atoms with E-state index >= 15 is 0 Å². The zero-order valence-corrected chi connectivity index (χ0v) is 19.7. The second-order valence-corrected chi connectivity index (χ2v) is 11.7. The molecule has 0 unspecified atom stereocenters. The average Bonchev–Trinajstić information content (AvgIpc) is 3.39. The van der Waals surface area contributed by atoms with E-state index in [9.17, 15) is 13.2 Å². The van der Waals surface area contributed by atoms with Gasteiger partial charge in [0.15, 0.2) is 0 Å². The van der Waals surface area contributed by atoms with Gasteiger partial charge in [-0.1, -0.05) is 41.9 Å². The topological polar surface area (TPSA) is 69.7 Å². The number of rotatable bonds is 3. The number of hydrogen-bond acceptors (Lipinski definition) is 4. The van der Waals surface area contributed by atoms with Gasteiger partial charge in [-0.3, -0.25) is 9.10 Å². The molecule has 5 rings (SSSR count). The normalized spacial score (nSPS) is 24.7. The third-order valence-corrected chi connectivity index (χ3v) is 8.83. The van der Waals surface area contributed by atoms with Crippen molar-refractivity contribution >= 4 is 33.2 Å². The van der Waals surface area contributed by atoms with Crippen LogP contribution in [0.15, 0.2) is 48.5 Å². The number of amides is 1. The molecule has 8 heteroatoms. The number of fused-ring (bicyclic) bond motifs is 2. The summed E-state index contributed by atoms with van der Waals surface area (Å²) in [6.07, 6.45) is 2.81. The first kappa shape index (κ1) is 21.7. The van der Waals surface area contributed by atoms with Crippen LogP contribution in [-0.2, 0) is 20.2 Å². The first-order valence-electron chi connectivity index (χ1n) is 11.1. The molecular formula is C24H28ClN3O3S. The third-order valence-electron chi connectivity index (χ3n) is 7.45. The summed E-state index contributed by atoms with van der Waals surface area (Å²) in [6.45, 7) is 3.22. The molecule has 6 nitrogen and oxygen atoms in total. The van der Waals surface area contributed by atoms with Gasteiger partial charge >= 0.3 is 0 Å². The van der Waals surface area contributed by atoms with E-state index in [1.807, 2.05) is 47.4 Å². The van der Waals surface area contributed by atoms with E-state index in [0.717, 1.165) is 36.2 Å². The summed E-state index contributed by atoms with van der Waals surface area (Å²) in [7, 11) is -3.34. The fourth-order valence-corrected chi connectivity index (χ4v) is 6.82. The predicted molar refractivity (Wildman–Crippen MR) is 127 cm³/mol. The van der Waals surface area contributed by atoms with E-state index in [-0.39, 0.29) is 23.2 Å². The lowest BCUT2D eigenvalue weighted by Gasteiger charge is -2.41. The van der Waals surface area contributed by atoms with Crippen molar-refractivity contribution in [3.63, 3.8) is 0 Å². The Morgan fingerprint density at radius 3 is 2.44 bits per heavy atom. The molecule has 2 aromatic carbocycles. The summed E-state index contributed by atoms with van der Waals surface area (Å²) in [6, 6.07) is 15.6. The lowest BCUT2D eigenvalue weighted by molar-refractivity contribution is -0.137. The molecule has 2 fully saturated rings. The number of sulfonamides is 1. The van der Waals surface area contributed by atoms with Crippen molar-refractivity contribution in [1.29, 1.82) is 0 Å². The van der Waals surface area contributed by atoms with E-state index in [4.69, 9.17) is 11.6 Å². The minimum atomic E-state index is -3.34. The van der Waals surface area contributed by atoms with Crippen LogP contribution in [0.2, 0.25) is 5.02 Å². The van der Waals surface area contributed by atoms with Crippen LogP contribution >= 0.6 is 11.6 Å². The molecule has 1 spiro atoms. The highest BCUT2D eigenvalue weighted by molar-refractivity contribution is 7.92. The summed E-state index contributed by atoms with van der Waals surface area (Å²) in [4.78, 5) is 15.5. The molecule has 3 aliphatic rings. The highest BCUT2D eigenvalue weighted by Crippen LogP contribution is 2.48. The van der Waals surface area contributed by atoms with E-state index in [2.05, 4.69) is 11.4 Å². The second kappa shape index (κ2) is 8.04. The Morgan fingerprint density at radius 2 is 1.75 bits per heavy atom. The van der Waals surface area contributed by atoms with Crippen LogP contribution in [0.3, 0.4) is 0 Å². The number of halogens is 1. The van der Waals surface area contributed by atoms with Crippen molar-refractivity contribution in [3.8, 4) is 0 Å². The number of likely N-dealkylation sites (tertiary alicyclic amines) is 1. The van der Waals surface area contributed by atoms with Crippen molar-refractivity contribution in [1.82, 2.24) is 10.2 Å². The molecule has 0 radical (unpaired) electrons. The van der Waals surface area contributed by atoms with Gasteiger partial charge in [0.25, 0.3) is 0 Å². The van der Waals surface area contributed by atoms with Crippen LogP contribution < -0.4 is 9.62 Å². The quantitative estimate of drug-likeness (QED) is 0.744.